The summed E-state index contributed by atoms with van der Waals surface area (Å²) in [6.07, 6.45) is -3.14. The van der Waals surface area contributed by atoms with E-state index in [0.29, 0.717) is 21.7 Å². The van der Waals surface area contributed by atoms with Crippen molar-refractivity contribution in [2.75, 3.05) is 12.4 Å². The number of ether oxygens (including phenoxy) is 1. The van der Waals surface area contributed by atoms with Gasteiger partial charge in [-0.05, 0) is 40.2 Å². The molecule has 0 aliphatic heterocycles. The number of rotatable bonds is 3. The first-order chi connectivity index (χ1) is 9.39. The van der Waals surface area contributed by atoms with Gasteiger partial charge in [0.1, 0.15) is 11.6 Å². The molecule has 8 heteroatoms. The number of alkyl halides is 3. The highest BCUT2D eigenvalue weighted by Gasteiger charge is 2.30. The normalized spacial score (nSPS) is 11.2. The zero-order valence-corrected chi connectivity index (χ0v) is 11.8. The summed E-state index contributed by atoms with van der Waals surface area (Å²) in [6, 6.07) is 5.36. The summed E-state index contributed by atoms with van der Waals surface area (Å²) < 4.78 is 40.6. The van der Waals surface area contributed by atoms with E-state index in [1.807, 2.05) is 0 Å². The van der Waals surface area contributed by atoms with E-state index in [4.69, 9.17) is 0 Å². The number of aromatic nitrogens is 2. The molecule has 0 saturated carbocycles. The molecular weight excluding hydrogens is 339 g/mol. The molecule has 4 nitrogen and oxygen atoms in total. The van der Waals surface area contributed by atoms with Crippen molar-refractivity contribution in [3.8, 4) is 17.1 Å². The lowest BCUT2D eigenvalue weighted by Crippen LogP contribution is -2.16. The summed E-state index contributed by atoms with van der Waals surface area (Å²) in [5.74, 6) is 0.703. The maximum atomic E-state index is 12.0. The first-order valence-electron chi connectivity index (χ1n) is 5.45. The molecule has 0 aliphatic rings. The lowest BCUT2D eigenvalue weighted by Gasteiger charge is -2.09. The van der Waals surface area contributed by atoms with Gasteiger partial charge in [-0.1, -0.05) is 0 Å². The molecule has 1 aromatic heterocycles. The Kier molecular flexibility index (Phi) is 4.12. The average Bonchev–Trinajstić information content (AvgIpc) is 2.38. The highest BCUT2D eigenvalue weighted by Crippen LogP contribution is 2.26. The summed E-state index contributed by atoms with van der Waals surface area (Å²) in [6.45, 7) is 0. The minimum Gasteiger partial charge on any atom is -0.406 e. The van der Waals surface area contributed by atoms with Crippen molar-refractivity contribution in [3.63, 3.8) is 0 Å². The Morgan fingerprint density at radius 3 is 2.40 bits per heavy atom. The van der Waals surface area contributed by atoms with Crippen LogP contribution in [0, 0.1) is 0 Å². The van der Waals surface area contributed by atoms with E-state index in [2.05, 4.69) is 36.0 Å². The Bertz CT molecular complexity index is 602. The van der Waals surface area contributed by atoms with E-state index in [1.165, 1.54) is 24.3 Å². The van der Waals surface area contributed by atoms with Gasteiger partial charge in [-0.25, -0.2) is 9.97 Å². The largest absolute Gasteiger partial charge is 0.573 e. The number of nitrogens with zero attached hydrogens (tertiary/aromatic N) is 2. The molecule has 0 bridgehead atoms. The van der Waals surface area contributed by atoms with E-state index < -0.39 is 6.36 Å². The van der Waals surface area contributed by atoms with Gasteiger partial charge in [-0.2, -0.15) is 0 Å². The monoisotopic (exact) mass is 347 g/mol. The SMILES string of the molecule is CNc1nc(-c2ccc(OC(F)(F)F)cc2)ncc1Br. The summed E-state index contributed by atoms with van der Waals surface area (Å²) in [4.78, 5) is 8.33. The molecule has 0 amide bonds. The second kappa shape index (κ2) is 5.66. The summed E-state index contributed by atoms with van der Waals surface area (Å²) in [5, 5.41) is 2.88. The Hall–Kier alpha value is -1.83. The lowest BCUT2D eigenvalue weighted by molar-refractivity contribution is -0.274. The van der Waals surface area contributed by atoms with E-state index in [1.54, 1.807) is 13.2 Å². The van der Waals surface area contributed by atoms with Gasteiger partial charge < -0.3 is 10.1 Å². The summed E-state index contributed by atoms with van der Waals surface area (Å²) in [7, 11) is 1.71. The van der Waals surface area contributed by atoms with Crippen LogP contribution >= 0.6 is 15.9 Å². The van der Waals surface area contributed by atoms with E-state index in [9.17, 15) is 13.2 Å². The van der Waals surface area contributed by atoms with Crippen molar-refractivity contribution >= 4 is 21.7 Å². The molecule has 0 spiro atoms. The molecule has 2 aromatic rings. The van der Waals surface area contributed by atoms with E-state index >= 15 is 0 Å². The van der Waals surface area contributed by atoms with Crippen LogP contribution in [-0.4, -0.2) is 23.4 Å². The third kappa shape index (κ3) is 3.60. The standard InChI is InChI=1S/C12H9BrF3N3O/c1-17-11-9(13)6-18-10(19-11)7-2-4-8(5-3-7)20-12(14,15)16/h2-6H,1H3,(H,17,18,19). The third-order valence-corrected chi connectivity index (χ3v) is 2.91. The van der Waals surface area contributed by atoms with Crippen molar-refractivity contribution in [2.45, 2.75) is 6.36 Å². The van der Waals surface area contributed by atoms with Gasteiger partial charge in [-0.3, -0.25) is 0 Å². The van der Waals surface area contributed by atoms with Crippen LogP contribution in [0.1, 0.15) is 0 Å². The van der Waals surface area contributed by atoms with Crippen molar-refractivity contribution in [1.82, 2.24) is 9.97 Å². The lowest BCUT2D eigenvalue weighted by atomic mass is 10.2. The minimum atomic E-state index is -4.70. The molecule has 106 valence electrons. The van der Waals surface area contributed by atoms with Crippen LogP contribution in [0.4, 0.5) is 19.0 Å². The Morgan fingerprint density at radius 1 is 1.20 bits per heavy atom. The predicted octanol–water partition coefficient (Wildman–Crippen LogP) is 3.85. The third-order valence-electron chi connectivity index (χ3n) is 2.33. The van der Waals surface area contributed by atoms with Gasteiger partial charge in [-0.15, -0.1) is 13.2 Å². The Balaban J connectivity index is 2.26. The molecule has 0 radical (unpaired) electrons. The molecule has 20 heavy (non-hydrogen) atoms. The topological polar surface area (TPSA) is 47.0 Å². The summed E-state index contributed by atoms with van der Waals surface area (Å²) >= 11 is 3.28. The number of anilines is 1. The number of nitrogens with one attached hydrogen (secondary N) is 1. The number of hydrogen-bond acceptors (Lipinski definition) is 4. The van der Waals surface area contributed by atoms with E-state index in [0.717, 1.165) is 0 Å². The van der Waals surface area contributed by atoms with E-state index in [-0.39, 0.29) is 5.75 Å². The molecule has 1 heterocycles. The van der Waals surface area contributed by atoms with Gasteiger partial charge in [0.25, 0.3) is 0 Å². The van der Waals surface area contributed by atoms with Crippen molar-refractivity contribution in [1.29, 1.82) is 0 Å². The predicted molar refractivity (Wildman–Crippen MR) is 71.4 cm³/mol. The smallest absolute Gasteiger partial charge is 0.406 e. The first kappa shape index (κ1) is 14.6. The van der Waals surface area contributed by atoms with Crippen LogP contribution in [0.25, 0.3) is 11.4 Å². The van der Waals surface area contributed by atoms with Gasteiger partial charge >= 0.3 is 6.36 Å². The van der Waals surface area contributed by atoms with Crippen molar-refractivity contribution < 1.29 is 17.9 Å². The molecule has 1 aromatic carbocycles. The molecule has 0 saturated heterocycles. The number of benzene rings is 1. The molecule has 0 aliphatic carbocycles. The highest BCUT2D eigenvalue weighted by atomic mass is 79.9. The second-order valence-corrected chi connectivity index (χ2v) is 4.57. The van der Waals surface area contributed by atoms with Crippen LogP contribution in [-0.2, 0) is 0 Å². The maximum absolute atomic E-state index is 12.0. The van der Waals surface area contributed by atoms with Gasteiger partial charge in [0.05, 0.1) is 4.47 Å². The number of halogens is 4. The molecule has 0 unspecified atom stereocenters. The molecular formula is C12H9BrF3N3O. The highest BCUT2D eigenvalue weighted by molar-refractivity contribution is 9.10. The molecule has 1 N–H and O–H groups in total. The average molecular weight is 348 g/mol. The second-order valence-electron chi connectivity index (χ2n) is 3.71. The molecule has 0 atom stereocenters. The fourth-order valence-corrected chi connectivity index (χ4v) is 1.88. The fraction of sp³-hybridized carbons (Fsp3) is 0.167. The van der Waals surface area contributed by atoms with Crippen LogP contribution in [0.3, 0.4) is 0 Å². The van der Waals surface area contributed by atoms with Gasteiger partial charge in [0.15, 0.2) is 5.82 Å². The van der Waals surface area contributed by atoms with Gasteiger partial charge in [0, 0.05) is 18.8 Å². The Morgan fingerprint density at radius 2 is 1.85 bits per heavy atom. The molecule has 0 fully saturated rings. The summed E-state index contributed by atoms with van der Waals surface area (Å²) in [5.41, 5.74) is 0.587. The molecule has 2 rings (SSSR count). The zero-order chi connectivity index (χ0) is 14.8. The first-order valence-corrected chi connectivity index (χ1v) is 6.25. The van der Waals surface area contributed by atoms with Gasteiger partial charge in [0.2, 0.25) is 0 Å². The van der Waals surface area contributed by atoms with Crippen LogP contribution in [0.2, 0.25) is 0 Å². The number of hydrogen-bond donors (Lipinski definition) is 1. The van der Waals surface area contributed by atoms with Crippen molar-refractivity contribution in [2.24, 2.45) is 0 Å². The zero-order valence-electron chi connectivity index (χ0n) is 10.2. The minimum absolute atomic E-state index is 0.285. The van der Waals surface area contributed by atoms with Crippen LogP contribution in [0.5, 0.6) is 5.75 Å². The Labute approximate surface area is 121 Å². The van der Waals surface area contributed by atoms with Crippen LogP contribution < -0.4 is 10.1 Å². The van der Waals surface area contributed by atoms with Crippen LogP contribution in [0.15, 0.2) is 34.9 Å². The quantitative estimate of drug-likeness (QED) is 0.916. The fourth-order valence-electron chi connectivity index (χ4n) is 1.49. The maximum Gasteiger partial charge on any atom is 0.573 e. The van der Waals surface area contributed by atoms with Crippen molar-refractivity contribution in [3.05, 3.63) is 34.9 Å².